The van der Waals surface area contributed by atoms with Crippen LogP contribution in [0.5, 0.6) is 0 Å². The maximum absolute atomic E-state index is 5.39. The van der Waals surface area contributed by atoms with Gasteiger partial charge < -0.3 is 4.74 Å². The van der Waals surface area contributed by atoms with Gasteiger partial charge in [-0.2, -0.15) is 0 Å². The molecule has 3 aromatic rings. The molecule has 3 heteroatoms. The van der Waals surface area contributed by atoms with Crippen LogP contribution in [0.1, 0.15) is 5.69 Å². The largest absolute Gasteiger partial charge is 0.379 e. The predicted octanol–water partition coefficient (Wildman–Crippen LogP) is 3.73. The summed E-state index contributed by atoms with van der Waals surface area (Å²) in [6.45, 7) is 4.54. The van der Waals surface area contributed by atoms with Gasteiger partial charge in [-0.15, -0.1) is 0 Å². The number of benzene rings is 2. The minimum absolute atomic E-state index is 0.827. The summed E-state index contributed by atoms with van der Waals surface area (Å²) < 4.78 is 5.39. The van der Waals surface area contributed by atoms with E-state index >= 15 is 0 Å². The van der Waals surface area contributed by atoms with E-state index in [4.69, 9.17) is 4.74 Å². The first-order valence-corrected chi connectivity index (χ1v) is 8.13. The first-order valence-electron chi connectivity index (χ1n) is 8.13. The Kier molecular flexibility index (Phi) is 4.05. The number of hydrogen-bond donors (Lipinski definition) is 0. The summed E-state index contributed by atoms with van der Waals surface area (Å²) in [4.78, 5) is 7.07. The number of aromatic nitrogens is 1. The normalized spacial score (nSPS) is 15.8. The Morgan fingerprint density at radius 1 is 0.913 bits per heavy atom. The molecular weight excluding hydrogens is 284 g/mol. The summed E-state index contributed by atoms with van der Waals surface area (Å²) in [6, 6.07) is 19.3. The van der Waals surface area contributed by atoms with E-state index in [9.17, 15) is 0 Å². The number of pyridine rings is 1. The zero-order chi connectivity index (χ0) is 15.5. The quantitative estimate of drug-likeness (QED) is 0.737. The highest BCUT2D eigenvalue weighted by Gasteiger charge is 2.11. The van der Waals surface area contributed by atoms with E-state index in [1.165, 1.54) is 21.9 Å². The van der Waals surface area contributed by atoms with E-state index in [2.05, 4.69) is 64.5 Å². The molecule has 116 valence electrons. The van der Waals surface area contributed by atoms with E-state index in [0.29, 0.717) is 0 Å². The Labute approximate surface area is 136 Å². The summed E-state index contributed by atoms with van der Waals surface area (Å²) in [5.74, 6) is 0. The number of hydrogen-bond acceptors (Lipinski definition) is 3. The van der Waals surface area contributed by atoms with Crippen LogP contribution < -0.4 is 0 Å². The molecule has 0 radical (unpaired) electrons. The molecule has 0 aliphatic carbocycles. The van der Waals surface area contributed by atoms with Crippen LogP contribution in [0.15, 0.2) is 60.8 Å². The molecule has 0 bridgehead atoms. The lowest BCUT2D eigenvalue weighted by Crippen LogP contribution is -2.35. The standard InChI is InChI=1S/C20H20N2O/c1-2-6-19-16(4-1)5-3-7-20(19)17-8-9-18(21-14-17)15-22-10-12-23-13-11-22/h1-9,14H,10-13,15H2. The minimum Gasteiger partial charge on any atom is -0.379 e. The van der Waals surface area contributed by atoms with Crippen LogP contribution >= 0.6 is 0 Å². The molecule has 2 heterocycles. The van der Waals surface area contributed by atoms with Gasteiger partial charge in [0.05, 0.1) is 18.9 Å². The molecule has 0 N–H and O–H groups in total. The SMILES string of the molecule is c1ccc2c(-c3ccc(CN4CCOCC4)nc3)cccc2c1. The van der Waals surface area contributed by atoms with Crippen LogP contribution in [-0.2, 0) is 11.3 Å². The smallest absolute Gasteiger partial charge is 0.0594 e. The Bertz CT molecular complexity index is 787. The molecule has 0 unspecified atom stereocenters. The molecule has 3 nitrogen and oxygen atoms in total. The maximum Gasteiger partial charge on any atom is 0.0594 e. The first kappa shape index (κ1) is 14.4. The molecule has 1 fully saturated rings. The van der Waals surface area contributed by atoms with E-state index in [0.717, 1.165) is 38.5 Å². The van der Waals surface area contributed by atoms with Crippen molar-refractivity contribution in [2.75, 3.05) is 26.3 Å². The molecule has 1 aliphatic heterocycles. The summed E-state index contributed by atoms with van der Waals surface area (Å²) in [5, 5.41) is 2.54. The van der Waals surface area contributed by atoms with E-state index in [1.807, 2.05) is 6.20 Å². The molecule has 4 rings (SSSR count). The van der Waals surface area contributed by atoms with Crippen molar-refractivity contribution in [2.45, 2.75) is 6.54 Å². The molecule has 0 spiro atoms. The third-order valence-electron chi connectivity index (χ3n) is 4.41. The molecule has 2 aromatic carbocycles. The fourth-order valence-corrected chi connectivity index (χ4v) is 3.14. The average Bonchev–Trinajstić information content (AvgIpc) is 2.63. The highest BCUT2D eigenvalue weighted by molar-refractivity contribution is 5.96. The van der Waals surface area contributed by atoms with Crippen molar-refractivity contribution in [3.63, 3.8) is 0 Å². The van der Waals surface area contributed by atoms with Gasteiger partial charge in [0, 0.05) is 31.4 Å². The highest BCUT2D eigenvalue weighted by Crippen LogP contribution is 2.28. The van der Waals surface area contributed by atoms with Crippen molar-refractivity contribution < 1.29 is 4.74 Å². The summed E-state index contributed by atoms with van der Waals surface area (Å²) in [6.07, 6.45) is 2.00. The van der Waals surface area contributed by atoms with Crippen LogP contribution in [0.4, 0.5) is 0 Å². The van der Waals surface area contributed by atoms with Crippen molar-refractivity contribution in [2.24, 2.45) is 0 Å². The van der Waals surface area contributed by atoms with Crippen LogP contribution in [0.3, 0.4) is 0 Å². The molecule has 1 saturated heterocycles. The number of ether oxygens (including phenoxy) is 1. The molecule has 1 aromatic heterocycles. The zero-order valence-corrected chi connectivity index (χ0v) is 13.1. The van der Waals surface area contributed by atoms with Crippen LogP contribution in [0, 0.1) is 0 Å². The Morgan fingerprint density at radius 3 is 2.57 bits per heavy atom. The monoisotopic (exact) mass is 304 g/mol. The molecule has 23 heavy (non-hydrogen) atoms. The van der Waals surface area contributed by atoms with Gasteiger partial charge in [0.1, 0.15) is 0 Å². The highest BCUT2D eigenvalue weighted by atomic mass is 16.5. The zero-order valence-electron chi connectivity index (χ0n) is 13.1. The van der Waals surface area contributed by atoms with E-state index in [-0.39, 0.29) is 0 Å². The third kappa shape index (κ3) is 3.11. The van der Waals surface area contributed by atoms with Gasteiger partial charge in [-0.05, 0) is 22.4 Å². The maximum atomic E-state index is 5.39. The Balaban J connectivity index is 1.59. The van der Waals surface area contributed by atoms with Crippen LogP contribution in [-0.4, -0.2) is 36.2 Å². The topological polar surface area (TPSA) is 25.4 Å². The van der Waals surface area contributed by atoms with Crippen molar-refractivity contribution >= 4 is 10.8 Å². The lowest BCUT2D eigenvalue weighted by molar-refractivity contribution is 0.0336. The number of fused-ring (bicyclic) bond motifs is 1. The Hall–Kier alpha value is -2.23. The van der Waals surface area contributed by atoms with Gasteiger partial charge in [0.15, 0.2) is 0 Å². The molecular formula is C20H20N2O. The number of nitrogens with zero attached hydrogens (tertiary/aromatic N) is 2. The molecule has 0 saturated carbocycles. The number of morpholine rings is 1. The summed E-state index contributed by atoms with van der Waals surface area (Å²) in [5.41, 5.74) is 3.54. The lowest BCUT2D eigenvalue weighted by Gasteiger charge is -2.26. The number of rotatable bonds is 3. The Morgan fingerprint density at radius 2 is 1.74 bits per heavy atom. The van der Waals surface area contributed by atoms with E-state index < -0.39 is 0 Å². The van der Waals surface area contributed by atoms with Gasteiger partial charge in [-0.1, -0.05) is 48.5 Å². The van der Waals surface area contributed by atoms with Crippen molar-refractivity contribution in [1.82, 2.24) is 9.88 Å². The average molecular weight is 304 g/mol. The molecule has 0 atom stereocenters. The fraction of sp³-hybridized carbons (Fsp3) is 0.250. The van der Waals surface area contributed by atoms with Gasteiger partial charge in [0.2, 0.25) is 0 Å². The summed E-state index contributed by atoms with van der Waals surface area (Å²) in [7, 11) is 0. The van der Waals surface area contributed by atoms with Gasteiger partial charge >= 0.3 is 0 Å². The van der Waals surface area contributed by atoms with Gasteiger partial charge in [-0.3, -0.25) is 9.88 Å². The van der Waals surface area contributed by atoms with Crippen LogP contribution in [0.2, 0.25) is 0 Å². The van der Waals surface area contributed by atoms with Gasteiger partial charge in [0.25, 0.3) is 0 Å². The molecule has 0 amide bonds. The first-order chi connectivity index (χ1) is 11.4. The van der Waals surface area contributed by atoms with Gasteiger partial charge in [-0.25, -0.2) is 0 Å². The predicted molar refractivity (Wildman–Crippen MR) is 93.3 cm³/mol. The second-order valence-corrected chi connectivity index (χ2v) is 5.95. The lowest BCUT2D eigenvalue weighted by atomic mass is 9.99. The fourth-order valence-electron chi connectivity index (χ4n) is 3.14. The van der Waals surface area contributed by atoms with E-state index in [1.54, 1.807) is 0 Å². The third-order valence-corrected chi connectivity index (χ3v) is 4.41. The minimum atomic E-state index is 0.827. The van der Waals surface area contributed by atoms with Crippen LogP contribution in [0.25, 0.3) is 21.9 Å². The summed E-state index contributed by atoms with van der Waals surface area (Å²) >= 11 is 0. The van der Waals surface area contributed by atoms with Crippen molar-refractivity contribution in [3.8, 4) is 11.1 Å². The molecule has 1 aliphatic rings. The van der Waals surface area contributed by atoms with Crippen molar-refractivity contribution in [1.29, 1.82) is 0 Å². The van der Waals surface area contributed by atoms with Crippen molar-refractivity contribution in [3.05, 3.63) is 66.5 Å². The second kappa shape index (κ2) is 6.49. The second-order valence-electron chi connectivity index (χ2n) is 5.95.